The Bertz CT molecular complexity index is 558. The fourth-order valence-corrected chi connectivity index (χ4v) is 1.90. The van der Waals surface area contributed by atoms with Gasteiger partial charge in [0, 0.05) is 75.5 Å². The molecule has 126 valence electrons. The molecule has 2 rings (SSSR count). The van der Waals surface area contributed by atoms with E-state index in [0.717, 1.165) is 16.7 Å². The second kappa shape index (κ2) is 13.2. The minimum absolute atomic E-state index is 0. The standard InChI is InChI=1S/C8H11BO2.C7H9BO2.2Ar/c1-6-3-7(2)5-8(4-6)9(10)11;1-6-2-4-7(5-3-6)8(9)10;;/h3-5,10-11H,1-2H3;2-5,9-10H,1H3;;. The van der Waals surface area contributed by atoms with Crippen molar-refractivity contribution in [3.8, 4) is 0 Å². The molecule has 0 unspecified atom stereocenters. The van der Waals surface area contributed by atoms with E-state index in [1.54, 1.807) is 24.3 Å². The molecule has 0 aliphatic heterocycles. The first kappa shape index (κ1) is 26.2. The minimum Gasteiger partial charge on any atom is -0.423 e. The molecule has 0 bridgehead atoms. The van der Waals surface area contributed by atoms with Crippen LogP contribution in [0.15, 0.2) is 42.5 Å². The van der Waals surface area contributed by atoms with Gasteiger partial charge in [-0.2, -0.15) is 0 Å². The topological polar surface area (TPSA) is 80.9 Å². The second-order valence-electron chi connectivity index (χ2n) is 5.08. The maximum Gasteiger partial charge on any atom is 0.488 e. The van der Waals surface area contributed by atoms with Crippen molar-refractivity contribution in [1.82, 2.24) is 0 Å². The zero-order chi connectivity index (χ0) is 16.0. The van der Waals surface area contributed by atoms with E-state index in [9.17, 15) is 0 Å². The molecule has 0 aliphatic carbocycles. The van der Waals surface area contributed by atoms with Crippen molar-refractivity contribution < 1.29 is 95.6 Å². The van der Waals surface area contributed by atoms with Crippen LogP contribution in [0.3, 0.4) is 0 Å². The minimum atomic E-state index is -1.35. The van der Waals surface area contributed by atoms with Crippen molar-refractivity contribution in [2.24, 2.45) is 0 Å². The molecule has 2 aromatic rings. The molecular weight excluding hydrogens is 346 g/mol. The van der Waals surface area contributed by atoms with Crippen LogP contribution in [-0.2, 0) is 0 Å². The van der Waals surface area contributed by atoms with Gasteiger partial charge in [0.25, 0.3) is 0 Å². The van der Waals surface area contributed by atoms with Gasteiger partial charge in [0.05, 0.1) is 0 Å². The predicted octanol–water partition coefficient (Wildman–Crippen LogP) is -0.342. The Morgan fingerprint density at radius 1 is 0.565 bits per heavy atom. The van der Waals surface area contributed by atoms with Crippen molar-refractivity contribution in [1.29, 1.82) is 0 Å². The summed E-state index contributed by atoms with van der Waals surface area (Å²) in [7, 11) is -2.70. The van der Waals surface area contributed by atoms with Gasteiger partial charge < -0.3 is 20.1 Å². The van der Waals surface area contributed by atoms with Gasteiger partial charge in [-0.3, -0.25) is 0 Å². The molecule has 0 fully saturated rings. The van der Waals surface area contributed by atoms with E-state index in [0.29, 0.717) is 10.9 Å². The number of benzene rings is 2. The van der Waals surface area contributed by atoms with E-state index >= 15 is 0 Å². The van der Waals surface area contributed by atoms with Gasteiger partial charge in [-0.05, 0) is 31.7 Å². The Hall–Kier alpha value is 0.929. The van der Waals surface area contributed by atoms with Gasteiger partial charge in [-0.15, -0.1) is 0 Å². The SMILES string of the molecule is Cc1cc(C)cc(B(O)O)c1.Cc1ccc(B(O)O)cc1.[Ar].[Ar]. The first-order valence-electron chi connectivity index (χ1n) is 6.66. The van der Waals surface area contributed by atoms with Gasteiger partial charge in [0.15, 0.2) is 0 Å². The van der Waals surface area contributed by atoms with E-state index in [1.807, 2.05) is 39.0 Å². The average molecular weight is 366 g/mol. The van der Waals surface area contributed by atoms with Gasteiger partial charge in [0.2, 0.25) is 0 Å². The summed E-state index contributed by atoms with van der Waals surface area (Å²) in [6.45, 7) is 5.81. The summed E-state index contributed by atoms with van der Waals surface area (Å²) in [4.78, 5) is 0. The molecule has 0 spiro atoms. The van der Waals surface area contributed by atoms with Crippen LogP contribution < -0.4 is 10.9 Å². The maximum absolute atomic E-state index is 8.83. The van der Waals surface area contributed by atoms with Crippen molar-refractivity contribution in [2.45, 2.75) is 20.8 Å². The molecule has 4 nitrogen and oxygen atoms in total. The summed E-state index contributed by atoms with van der Waals surface area (Å²) in [6, 6.07) is 12.6. The fraction of sp³-hybridized carbons (Fsp3) is 0.200. The Kier molecular flexibility index (Phi) is 15.0. The molecule has 0 amide bonds. The van der Waals surface area contributed by atoms with Crippen LogP contribution in [0.2, 0.25) is 0 Å². The maximum atomic E-state index is 8.83. The van der Waals surface area contributed by atoms with Crippen molar-refractivity contribution >= 4 is 25.2 Å². The predicted molar refractivity (Wildman–Crippen MR) is 86.7 cm³/mol. The van der Waals surface area contributed by atoms with Crippen molar-refractivity contribution in [3.63, 3.8) is 0 Å². The molecule has 0 radical (unpaired) electrons. The normalized spacial score (nSPS) is 8.83. The quantitative estimate of drug-likeness (QED) is 0.549. The van der Waals surface area contributed by atoms with Crippen LogP contribution in [0.25, 0.3) is 0 Å². The largest absolute Gasteiger partial charge is 0.488 e. The Labute approximate surface area is 198 Å². The Balaban J connectivity index is 0. The summed E-state index contributed by atoms with van der Waals surface area (Å²) in [6.07, 6.45) is 0. The fourth-order valence-electron chi connectivity index (χ4n) is 1.90. The molecule has 0 aromatic heterocycles. The molecule has 0 saturated carbocycles. The van der Waals surface area contributed by atoms with Gasteiger partial charge in [-0.25, -0.2) is 0 Å². The van der Waals surface area contributed by atoms with E-state index in [1.165, 1.54) is 0 Å². The summed E-state index contributed by atoms with van der Waals surface area (Å²) in [5, 5.41) is 35.0. The van der Waals surface area contributed by atoms with E-state index < -0.39 is 14.2 Å². The number of hydrogen-bond donors (Lipinski definition) is 4. The van der Waals surface area contributed by atoms with Crippen LogP contribution in [0.4, 0.5) is 0 Å². The van der Waals surface area contributed by atoms with E-state index in [4.69, 9.17) is 20.1 Å². The first-order valence-corrected chi connectivity index (χ1v) is 6.66. The zero-order valence-corrected chi connectivity index (χ0v) is 14.6. The Morgan fingerprint density at radius 3 is 1.30 bits per heavy atom. The summed E-state index contributed by atoms with van der Waals surface area (Å²) >= 11 is 0. The van der Waals surface area contributed by atoms with E-state index in [2.05, 4.69) is 0 Å². The van der Waals surface area contributed by atoms with Crippen molar-refractivity contribution in [2.75, 3.05) is 0 Å². The summed E-state index contributed by atoms with van der Waals surface area (Å²) < 4.78 is 0. The number of aryl methyl sites for hydroxylation is 3. The first-order chi connectivity index (χ1) is 9.79. The third-order valence-electron chi connectivity index (χ3n) is 2.92. The smallest absolute Gasteiger partial charge is 0.423 e. The zero-order valence-electron chi connectivity index (χ0n) is 13.2. The molecule has 8 heteroatoms. The summed E-state index contributed by atoms with van der Waals surface area (Å²) in [5.41, 5.74) is 4.30. The monoisotopic (exact) mass is 366 g/mol. The summed E-state index contributed by atoms with van der Waals surface area (Å²) in [5.74, 6) is 0. The van der Waals surface area contributed by atoms with Crippen LogP contribution >= 0.6 is 0 Å². The molecule has 4 N–H and O–H groups in total. The third-order valence-corrected chi connectivity index (χ3v) is 2.92. The van der Waals surface area contributed by atoms with Crippen LogP contribution in [0.1, 0.15) is 16.7 Å². The molecule has 0 heterocycles. The van der Waals surface area contributed by atoms with Crippen LogP contribution in [0, 0.1) is 96.2 Å². The molecule has 23 heavy (non-hydrogen) atoms. The number of rotatable bonds is 2. The van der Waals surface area contributed by atoms with Gasteiger partial charge in [0.1, 0.15) is 0 Å². The molecule has 0 atom stereocenters. The second-order valence-corrected chi connectivity index (χ2v) is 5.08. The van der Waals surface area contributed by atoms with Crippen molar-refractivity contribution in [3.05, 3.63) is 59.2 Å². The van der Waals surface area contributed by atoms with Crippen LogP contribution in [0.5, 0.6) is 0 Å². The van der Waals surface area contributed by atoms with Crippen LogP contribution in [-0.4, -0.2) is 34.3 Å². The Morgan fingerprint density at radius 2 is 0.957 bits per heavy atom. The average Bonchev–Trinajstić information content (AvgIpc) is 2.38. The number of hydrogen-bond acceptors (Lipinski definition) is 4. The molecule has 0 aliphatic rings. The molecule has 0 saturated heterocycles. The molecule has 2 aromatic carbocycles. The van der Waals surface area contributed by atoms with Gasteiger partial charge >= 0.3 is 14.2 Å². The van der Waals surface area contributed by atoms with Gasteiger partial charge in [-0.1, -0.05) is 59.2 Å². The third kappa shape index (κ3) is 10.5. The van der Waals surface area contributed by atoms with E-state index in [-0.39, 0.29) is 75.5 Å². The molecular formula is C15H20Ar2B2O4.